The van der Waals surface area contributed by atoms with E-state index in [1.807, 2.05) is 42.6 Å². The summed E-state index contributed by atoms with van der Waals surface area (Å²) in [5.74, 6) is 0.835. The number of carbonyl (C=O) groups excluding carboxylic acids is 1. The van der Waals surface area contributed by atoms with Crippen molar-refractivity contribution < 1.29 is 4.79 Å². The van der Waals surface area contributed by atoms with Crippen LogP contribution in [-0.4, -0.2) is 27.0 Å². The lowest BCUT2D eigenvalue weighted by Crippen LogP contribution is -2.24. The van der Waals surface area contributed by atoms with Crippen molar-refractivity contribution >= 4 is 28.8 Å². The molecule has 36 heavy (non-hydrogen) atoms. The number of amides is 1. The second kappa shape index (κ2) is 11.6. The largest absolute Gasteiger partial charge is 0.352 e. The summed E-state index contributed by atoms with van der Waals surface area (Å²) < 4.78 is 2.17. The molecule has 0 unspecified atom stereocenters. The number of aromatic nitrogens is 3. The molecule has 5 nitrogen and oxygen atoms in total. The predicted octanol–water partition coefficient (Wildman–Crippen LogP) is 6.70. The molecule has 0 bridgehead atoms. The molecule has 1 N–H and O–H groups in total. The van der Waals surface area contributed by atoms with Crippen molar-refractivity contribution in [3.63, 3.8) is 0 Å². The highest BCUT2D eigenvalue weighted by atomic mass is 32.2. The van der Waals surface area contributed by atoms with Crippen LogP contribution in [0.4, 0.5) is 0 Å². The smallest absolute Gasteiger partial charge is 0.251 e. The zero-order valence-electron chi connectivity index (χ0n) is 20.7. The first-order valence-electron chi connectivity index (χ1n) is 12.7. The van der Waals surface area contributed by atoms with Gasteiger partial charge in [0.05, 0.1) is 6.54 Å². The highest BCUT2D eigenvalue weighted by Crippen LogP contribution is 2.27. The van der Waals surface area contributed by atoms with Gasteiger partial charge < -0.3 is 5.32 Å². The minimum absolute atomic E-state index is 0.0120. The minimum Gasteiger partial charge on any atom is -0.352 e. The molecule has 4 aromatic rings. The average Bonchev–Trinajstić information content (AvgIpc) is 3.26. The monoisotopic (exact) mass is 496 g/mol. The lowest BCUT2D eigenvalue weighted by atomic mass is 9.97. The fraction of sp³-hybridized carbons (Fsp3) is 0.300. The van der Waals surface area contributed by atoms with Crippen molar-refractivity contribution in [3.8, 4) is 0 Å². The van der Waals surface area contributed by atoms with Crippen LogP contribution in [0.15, 0.2) is 83.7 Å². The third-order valence-electron chi connectivity index (χ3n) is 6.63. The number of thioether (sulfide) groups is 1. The van der Waals surface area contributed by atoms with Crippen molar-refractivity contribution in [1.29, 1.82) is 0 Å². The number of nitrogens with zero attached hydrogens (tertiary/aromatic N) is 3. The van der Waals surface area contributed by atoms with Crippen LogP contribution in [0.5, 0.6) is 0 Å². The Morgan fingerprint density at radius 1 is 1.03 bits per heavy atom. The number of aryl methyl sites for hydroxylation is 1. The Balaban J connectivity index is 1.25. The summed E-state index contributed by atoms with van der Waals surface area (Å²) >= 11 is 1.72. The summed E-state index contributed by atoms with van der Waals surface area (Å²) in [6.07, 6.45) is 10.0. The second-order valence-electron chi connectivity index (χ2n) is 9.41. The Bertz CT molecular complexity index is 1360. The normalized spacial score (nSPS) is 13.5. The van der Waals surface area contributed by atoms with Gasteiger partial charge in [0, 0.05) is 24.1 Å². The standard InChI is InChI=1S/C30H32N4OS/c1-22-9-11-25(12-10-22)21-36-30-33-27-8-5-18-31-28(27)34(30)20-24-13-15-26(16-14-24)29(35)32-19-17-23-6-3-2-4-7-23/h5-6,8-16,18H,2-4,7,17,19-21H2,1H3,(H,32,35). The lowest BCUT2D eigenvalue weighted by Gasteiger charge is -2.13. The van der Waals surface area contributed by atoms with Gasteiger partial charge in [0.25, 0.3) is 5.91 Å². The first-order chi connectivity index (χ1) is 17.7. The van der Waals surface area contributed by atoms with Crippen molar-refractivity contribution in [2.45, 2.75) is 56.5 Å². The molecule has 0 aliphatic heterocycles. The summed E-state index contributed by atoms with van der Waals surface area (Å²) in [6.45, 7) is 3.45. The van der Waals surface area contributed by atoms with Gasteiger partial charge in [-0.05, 0) is 74.4 Å². The summed E-state index contributed by atoms with van der Waals surface area (Å²) in [5.41, 5.74) is 7.59. The third-order valence-corrected chi connectivity index (χ3v) is 7.68. The van der Waals surface area contributed by atoms with Crippen molar-refractivity contribution in [1.82, 2.24) is 19.9 Å². The number of hydrogen-bond acceptors (Lipinski definition) is 4. The Kier molecular flexibility index (Phi) is 7.82. The van der Waals surface area contributed by atoms with E-state index in [9.17, 15) is 4.79 Å². The van der Waals surface area contributed by atoms with E-state index >= 15 is 0 Å². The number of imidazole rings is 1. The highest BCUT2D eigenvalue weighted by molar-refractivity contribution is 7.98. The molecule has 0 spiro atoms. The highest BCUT2D eigenvalue weighted by Gasteiger charge is 2.14. The van der Waals surface area contributed by atoms with Gasteiger partial charge in [-0.3, -0.25) is 9.36 Å². The van der Waals surface area contributed by atoms with E-state index in [-0.39, 0.29) is 5.91 Å². The van der Waals surface area contributed by atoms with Crippen LogP contribution in [0, 0.1) is 6.92 Å². The molecular formula is C30H32N4OS. The fourth-order valence-corrected chi connectivity index (χ4v) is 5.50. The molecule has 2 aromatic carbocycles. The summed E-state index contributed by atoms with van der Waals surface area (Å²) in [4.78, 5) is 22.1. The Morgan fingerprint density at radius 3 is 2.61 bits per heavy atom. The molecule has 1 aliphatic carbocycles. The molecule has 1 aliphatic rings. The molecule has 0 atom stereocenters. The number of benzene rings is 2. The first-order valence-corrected chi connectivity index (χ1v) is 13.7. The number of hydrogen-bond donors (Lipinski definition) is 1. The van der Waals surface area contributed by atoms with E-state index in [0.717, 1.165) is 34.1 Å². The van der Waals surface area contributed by atoms with E-state index < -0.39 is 0 Å². The molecule has 0 saturated heterocycles. The summed E-state index contributed by atoms with van der Waals surface area (Å²) in [6, 6.07) is 20.4. The van der Waals surface area contributed by atoms with Crippen LogP contribution in [-0.2, 0) is 12.3 Å². The zero-order chi connectivity index (χ0) is 24.7. The number of carbonyl (C=O) groups is 1. The molecule has 5 rings (SSSR count). The van der Waals surface area contributed by atoms with Gasteiger partial charge >= 0.3 is 0 Å². The van der Waals surface area contributed by atoms with Gasteiger partial charge in [-0.2, -0.15) is 0 Å². The molecule has 0 saturated carbocycles. The van der Waals surface area contributed by atoms with Crippen LogP contribution >= 0.6 is 11.8 Å². The van der Waals surface area contributed by atoms with Crippen molar-refractivity contribution in [3.05, 3.63) is 101 Å². The quantitative estimate of drug-likeness (QED) is 0.207. The van der Waals surface area contributed by atoms with Gasteiger partial charge in [0.15, 0.2) is 10.8 Å². The van der Waals surface area contributed by atoms with Gasteiger partial charge in [-0.25, -0.2) is 9.97 Å². The molecule has 0 radical (unpaired) electrons. The van der Waals surface area contributed by atoms with E-state index in [4.69, 9.17) is 4.98 Å². The maximum Gasteiger partial charge on any atom is 0.251 e. The number of rotatable bonds is 9. The predicted molar refractivity (Wildman–Crippen MR) is 147 cm³/mol. The fourth-order valence-electron chi connectivity index (χ4n) is 4.54. The maximum absolute atomic E-state index is 12.6. The van der Waals surface area contributed by atoms with Gasteiger partial charge in [-0.15, -0.1) is 0 Å². The van der Waals surface area contributed by atoms with Gasteiger partial charge in [0.1, 0.15) is 5.52 Å². The first kappa shape index (κ1) is 24.3. The molecule has 184 valence electrons. The van der Waals surface area contributed by atoms with E-state index in [0.29, 0.717) is 18.7 Å². The number of allylic oxidation sites excluding steroid dienone is 1. The molecule has 0 fully saturated rings. The number of pyridine rings is 1. The van der Waals surface area contributed by atoms with Gasteiger partial charge in [0.2, 0.25) is 0 Å². The third kappa shape index (κ3) is 6.05. The SMILES string of the molecule is Cc1ccc(CSc2nc3cccnc3n2Cc2ccc(C(=O)NCCC3=CCCCC3)cc2)cc1. The van der Waals surface area contributed by atoms with E-state index in [1.54, 1.807) is 11.8 Å². The average molecular weight is 497 g/mol. The Morgan fingerprint density at radius 2 is 1.83 bits per heavy atom. The van der Waals surface area contributed by atoms with Crippen molar-refractivity contribution in [2.24, 2.45) is 0 Å². The molecular weight excluding hydrogens is 464 g/mol. The van der Waals surface area contributed by atoms with Crippen LogP contribution in [0.2, 0.25) is 0 Å². The van der Waals surface area contributed by atoms with Crippen LogP contribution < -0.4 is 5.32 Å². The van der Waals surface area contributed by atoms with Crippen LogP contribution in [0.1, 0.15) is 59.2 Å². The van der Waals surface area contributed by atoms with Crippen molar-refractivity contribution in [2.75, 3.05) is 6.54 Å². The zero-order valence-corrected chi connectivity index (χ0v) is 21.6. The number of fused-ring (bicyclic) bond motifs is 1. The topological polar surface area (TPSA) is 59.8 Å². The Hall–Kier alpha value is -3.38. The van der Waals surface area contributed by atoms with E-state index in [1.165, 1.54) is 42.4 Å². The summed E-state index contributed by atoms with van der Waals surface area (Å²) in [7, 11) is 0. The minimum atomic E-state index is -0.0120. The second-order valence-corrected chi connectivity index (χ2v) is 10.4. The van der Waals surface area contributed by atoms with Gasteiger partial charge in [-0.1, -0.05) is 65.4 Å². The van der Waals surface area contributed by atoms with Crippen LogP contribution in [0.3, 0.4) is 0 Å². The lowest BCUT2D eigenvalue weighted by molar-refractivity contribution is 0.0954. The van der Waals surface area contributed by atoms with E-state index in [2.05, 4.69) is 52.1 Å². The molecule has 6 heteroatoms. The molecule has 2 heterocycles. The Labute approximate surface area is 217 Å². The molecule has 2 aromatic heterocycles. The van der Waals surface area contributed by atoms with Crippen LogP contribution in [0.25, 0.3) is 11.2 Å². The maximum atomic E-state index is 12.6. The summed E-state index contributed by atoms with van der Waals surface area (Å²) in [5, 5.41) is 4.02. The molecule has 1 amide bonds. The number of nitrogens with one attached hydrogen (secondary N) is 1.